The molecule has 2 heterocycles. The highest BCUT2D eigenvalue weighted by atomic mass is 32.2. The van der Waals surface area contributed by atoms with Gasteiger partial charge in [0.2, 0.25) is 0 Å². The van der Waals surface area contributed by atoms with E-state index in [1.807, 2.05) is 32.0 Å². The number of rotatable bonds is 5. The van der Waals surface area contributed by atoms with Crippen LogP contribution in [0, 0.1) is 13.8 Å². The fraction of sp³-hybridized carbons (Fsp3) is 0.294. The Morgan fingerprint density at radius 3 is 2.31 bits per heavy atom. The molecule has 0 spiro atoms. The Morgan fingerprint density at radius 1 is 1.07 bits per heavy atom. The van der Waals surface area contributed by atoms with Gasteiger partial charge in [-0.2, -0.15) is 0 Å². The van der Waals surface area contributed by atoms with Crippen LogP contribution in [0.3, 0.4) is 0 Å². The van der Waals surface area contributed by atoms with Gasteiger partial charge in [-0.25, -0.2) is 4.98 Å². The molecule has 1 aromatic carbocycles. The number of nitrogens with one attached hydrogen (secondary N) is 1. The van der Waals surface area contributed by atoms with Crippen molar-refractivity contribution >= 4 is 44.9 Å². The first-order chi connectivity index (χ1) is 11.5. The van der Waals surface area contributed by atoms with Gasteiger partial charge in [-0.15, -0.1) is 0 Å². The number of aromatic amines is 1. The van der Waals surface area contributed by atoms with E-state index in [4.69, 9.17) is 9.47 Å². The summed E-state index contributed by atoms with van der Waals surface area (Å²) in [4.78, 5) is 11.9. The Labute approximate surface area is 186 Å². The number of H-pyrrole nitrogens is 1. The van der Waals surface area contributed by atoms with Crippen molar-refractivity contribution < 1.29 is 35.6 Å². The predicted octanol–water partition coefficient (Wildman–Crippen LogP) is -0.780. The third-order valence-corrected chi connectivity index (χ3v) is 5.06. The summed E-state index contributed by atoms with van der Waals surface area (Å²) in [6.07, 6.45) is 1.74. The van der Waals surface area contributed by atoms with Crippen LogP contribution in [-0.4, -0.2) is 78.3 Å². The lowest BCUT2D eigenvalue weighted by Gasteiger charge is -2.11. The van der Waals surface area contributed by atoms with Crippen LogP contribution in [0.4, 0.5) is 0 Å². The maximum atomic E-state index is 12.7. The van der Waals surface area contributed by atoms with E-state index >= 15 is 0 Å². The molecule has 1 atom stereocenters. The number of benzene rings is 1. The molecule has 3 aromatic rings. The second kappa shape index (κ2) is 13.4. The average molecular weight is 442 g/mol. The second-order valence-electron chi connectivity index (χ2n) is 5.46. The molecular weight excluding hydrogens is 415 g/mol. The van der Waals surface area contributed by atoms with Crippen molar-refractivity contribution in [3.63, 3.8) is 0 Å². The van der Waals surface area contributed by atoms with Crippen LogP contribution in [-0.2, 0) is 16.6 Å². The highest BCUT2D eigenvalue weighted by Gasteiger charge is 2.16. The lowest BCUT2D eigenvalue weighted by Crippen LogP contribution is -2.05. The average Bonchev–Trinajstić information content (AvgIpc) is 3.01. The van der Waals surface area contributed by atoms with Crippen LogP contribution >= 0.6 is 0 Å². The molecule has 29 heavy (non-hydrogen) atoms. The van der Waals surface area contributed by atoms with Gasteiger partial charge in [0.15, 0.2) is 5.16 Å². The number of methoxy groups -OCH3 is 2. The van der Waals surface area contributed by atoms with Crippen molar-refractivity contribution in [3.05, 3.63) is 41.2 Å². The van der Waals surface area contributed by atoms with Gasteiger partial charge in [0, 0.05) is 46.4 Å². The van der Waals surface area contributed by atoms with E-state index in [0.29, 0.717) is 5.16 Å². The van der Waals surface area contributed by atoms with Crippen LogP contribution in [0.25, 0.3) is 11.0 Å². The standard InChI is InChI=1S/C17H19N3O3S.Mg.4H2O/c1-10-8-18-15(11(2)16(10)23-4)9-24(21)17-19-13-6-5-12(22-3)7-14(13)20-17;;;;;/h5-8H,9H2,1-4H3,(H,19,20);;4*1H2/t24-;;;;;/m0...../s1. The number of hydrogen-bond donors (Lipinski definition) is 1. The minimum atomic E-state index is -1.33. The van der Waals surface area contributed by atoms with Gasteiger partial charge in [-0.1, -0.05) is 0 Å². The zero-order chi connectivity index (χ0) is 17.3. The van der Waals surface area contributed by atoms with Gasteiger partial charge in [0.25, 0.3) is 0 Å². The molecule has 160 valence electrons. The summed E-state index contributed by atoms with van der Waals surface area (Å²) >= 11 is 0. The summed E-state index contributed by atoms with van der Waals surface area (Å²) in [6.45, 7) is 3.86. The topological polar surface area (TPSA) is 203 Å². The molecule has 2 aromatic heterocycles. The highest BCUT2D eigenvalue weighted by Crippen LogP contribution is 2.26. The van der Waals surface area contributed by atoms with Gasteiger partial charge < -0.3 is 36.4 Å². The van der Waals surface area contributed by atoms with Crippen LogP contribution in [0.2, 0.25) is 0 Å². The van der Waals surface area contributed by atoms with E-state index in [0.717, 1.165) is 39.4 Å². The monoisotopic (exact) mass is 441 g/mol. The third-order valence-electron chi connectivity index (χ3n) is 3.90. The van der Waals surface area contributed by atoms with Crippen LogP contribution < -0.4 is 9.47 Å². The second-order valence-corrected chi connectivity index (χ2v) is 6.83. The number of pyridine rings is 1. The van der Waals surface area contributed by atoms with E-state index in [1.54, 1.807) is 20.4 Å². The molecule has 0 fully saturated rings. The predicted molar refractivity (Wildman–Crippen MR) is 113 cm³/mol. The van der Waals surface area contributed by atoms with Gasteiger partial charge in [-0.3, -0.25) is 9.19 Å². The van der Waals surface area contributed by atoms with Crippen molar-refractivity contribution in [2.75, 3.05) is 14.2 Å². The van der Waals surface area contributed by atoms with Gasteiger partial charge >= 0.3 is 0 Å². The Bertz CT molecular complexity index is 937. The SMILES string of the molecule is COc1ccc2nc([S@@](=O)Cc3ncc(C)c(OC)c3C)[nH]c2c1.O.O.O.O.[Mg]. The lowest BCUT2D eigenvalue weighted by atomic mass is 10.1. The number of ether oxygens (including phenoxy) is 2. The minimum Gasteiger partial charge on any atom is -0.497 e. The highest BCUT2D eigenvalue weighted by molar-refractivity contribution is 7.84. The molecule has 0 bridgehead atoms. The number of aromatic nitrogens is 3. The number of fused-ring (bicyclic) bond motifs is 1. The van der Waals surface area contributed by atoms with Gasteiger partial charge in [0.05, 0.1) is 47.5 Å². The molecule has 0 aliphatic carbocycles. The first-order valence-corrected chi connectivity index (χ1v) is 8.76. The van der Waals surface area contributed by atoms with E-state index in [2.05, 4.69) is 15.0 Å². The first-order valence-electron chi connectivity index (χ1n) is 7.44. The molecule has 0 unspecified atom stereocenters. The zero-order valence-electron chi connectivity index (χ0n) is 16.8. The molecule has 2 radical (unpaired) electrons. The zero-order valence-corrected chi connectivity index (χ0v) is 19.0. The van der Waals surface area contributed by atoms with Crippen molar-refractivity contribution in [1.29, 1.82) is 0 Å². The van der Waals surface area contributed by atoms with E-state index in [1.165, 1.54) is 0 Å². The fourth-order valence-corrected chi connectivity index (χ4v) is 3.71. The smallest absolute Gasteiger partial charge is 0.197 e. The maximum absolute atomic E-state index is 12.7. The maximum Gasteiger partial charge on any atom is 0.197 e. The first kappa shape index (κ1) is 31.9. The van der Waals surface area contributed by atoms with Crippen LogP contribution in [0.1, 0.15) is 16.8 Å². The molecular formula is C17H27MgN3O7S. The molecule has 3 rings (SSSR count). The molecule has 9 N–H and O–H groups in total. The van der Waals surface area contributed by atoms with E-state index < -0.39 is 10.8 Å². The number of aryl methyl sites for hydroxylation is 1. The Morgan fingerprint density at radius 2 is 1.72 bits per heavy atom. The summed E-state index contributed by atoms with van der Waals surface area (Å²) < 4.78 is 23.3. The van der Waals surface area contributed by atoms with Crippen molar-refractivity contribution in [2.45, 2.75) is 24.8 Å². The summed E-state index contributed by atoms with van der Waals surface area (Å²) in [5, 5.41) is 0.430. The quantitative estimate of drug-likeness (QED) is 0.504. The van der Waals surface area contributed by atoms with Crippen LogP contribution in [0.15, 0.2) is 29.6 Å². The van der Waals surface area contributed by atoms with Gasteiger partial charge in [0.1, 0.15) is 11.5 Å². The molecule has 0 saturated heterocycles. The number of nitrogens with zero attached hydrogens (tertiary/aromatic N) is 2. The molecule has 12 heteroatoms. The molecule has 0 amide bonds. The van der Waals surface area contributed by atoms with Crippen molar-refractivity contribution in [2.24, 2.45) is 0 Å². The summed E-state index contributed by atoms with van der Waals surface area (Å²) in [5.41, 5.74) is 4.16. The molecule has 0 saturated carbocycles. The summed E-state index contributed by atoms with van der Waals surface area (Å²) in [5.74, 6) is 1.79. The van der Waals surface area contributed by atoms with Gasteiger partial charge in [-0.05, 0) is 26.0 Å². The number of hydrogen-bond acceptors (Lipinski definition) is 5. The number of imidazole rings is 1. The largest absolute Gasteiger partial charge is 0.497 e. The summed E-state index contributed by atoms with van der Waals surface area (Å²) in [6, 6.07) is 5.50. The Hall–Kier alpha value is -1.80. The lowest BCUT2D eigenvalue weighted by molar-refractivity contribution is 0.407. The fourth-order valence-electron chi connectivity index (χ4n) is 2.61. The van der Waals surface area contributed by atoms with Crippen LogP contribution in [0.5, 0.6) is 11.5 Å². The Balaban J connectivity index is -0.00000135. The van der Waals surface area contributed by atoms with Crippen molar-refractivity contribution in [3.8, 4) is 11.5 Å². The van der Waals surface area contributed by atoms with Crippen molar-refractivity contribution in [1.82, 2.24) is 15.0 Å². The normalized spacial score (nSPS) is 10.2. The minimum absolute atomic E-state index is 0. The molecule has 0 aliphatic heterocycles. The Kier molecular flexibility index (Phi) is 14.8. The van der Waals surface area contributed by atoms with E-state index in [9.17, 15) is 4.21 Å². The molecule has 10 nitrogen and oxygen atoms in total. The molecule has 0 aliphatic rings. The third kappa shape index (κ3) is 6.60. The summed E-state index contributed by atoms with van der Waals surface area (Å²) in [7, 11) is 1.91. The van der Waals surface area contributed by atoms with E-state index in [-0.39, 0.29) is 50.7 Å².